The molecule has 6 heteroatoms. The highest BCUT2D eigenvalue weighted by Crippen LogP contribution is 2.18. The summed E-state index contributed by atoms with van der Waals surface area (Å²) < 4.78 is 16.8. The average molecular weight is 1010 g/mol. The quantitative estimate of drug-likeness (QED) is 0.0261. The number of hydrogen-bond acceptors (Lipinski definition) is 6. The van der Waals surface area contributed by atoms with E-state index in [4.69, 9.17) is 14.2 Å². The van der Waals surface area contributed by atoms with Crippen LogP contribution in [0.5, 0.6) is 0 Å². The zero-order chi connectivity index (χ0) is 52.2. The number of carbonyl (C=O) groups is 3. The molecule has 420 valence electrons. The fraction of sp³-hybridized carbons (Fsp3) is 0.833. The topological polar surface area (TPSA) is 78.9 Å². The highest BCUT2D eigenvalue weighted by molar-refractivity contribution is 5.71. The molecular weight excluding hydrogens is 889 g/mol. The number of esters is 3. The minimum Gasteiger partial charge on any atom is -0.462 e. The predicted molar refractivity (Wildman–Crippen MR) is 312 cm³/mol. The Hall–Kier alpha value is -2.63. The third kappa shape index (κ3) is 58.3. The van der Waals surface area contributed by atoms with Gasteiger partial charge in [0.1, 0.15) is 13.2 Å². The van der Waals surface area contributed by atoms with E-state index in [-0.39, 0.29) is 31.1 Å². The van der Waals surface area contributed by atoms with E-state index in [1.54, 1.807) is 0 Å². The summed E-state index contributed by atoms with van der Waals surface area (Å²) in [7, 11) is 0. The first kappa shape index (κ1) is 69.4. The maximum atomic E-state index is 12.8. The molecule has 0 aromatic heterocycles. The molecule has 1 unspecified atom stereocenters. The average Bonchev–Trinajstić information content (AvgIpc) is 3.38. The Morgan fingerprint density at radius 2 is 0.542 bits per heavy atom. The third-order valence-electron chi connectivity index (χ3n) is 14.1. The van der Waals surface area contributed by atoms with Gasteiger partial charge in [-0.3, -0.25) is 14.4 Å². The third-order valence-corrected chi connectivity index (χ3v) is 14.1. The lowest BCUT2D eigenvalue weighted by Gasteiger charge is -2.18. The number of ether oxygens (including phenoxy) is 3. The van der Waals surface area contributed by atoms with Crippen molar-refractivity contribution in [3.05, 3.63) is 48.6 Å². The predicted octanol–water partition coefficient (Wildman–Crippen LogP) is 21.4. The Balaban J connectivity index is 3.86. The van der Waals surface area contributed by atoms with Crippen LogP contribution in [-0.4, -0.2) is 37.2 Å². The SMILES string of the molecule is CC/C=C\C/C=C\C/C=C\C/C=C\CCCCCCCCCCCCCCCCCCCCCCCCC(=O)OCC(COC(=O)CCCCCCCC)OC(=O)CCCCCCCCCCCCCCC. The van der Waals surface area contributed by atoms with Crippen molar-refractivity contribution in [2.45, 2.75) is 341 Å². The maximum Gasteiger partial charge on any atom is 0.306 e. The van der Waals surface area contributed by atoms with Gasteiger partial charge in [-0.25, -0.2) is 0 Å². The molecule has 0 bridgehead atoms. The van der Waals surface area contributed by atoms with Crippen LogP contribution in [0, 0.1) is 0 Å². The normalized spacial score (nSPS) is 12.3. The fourth-order valence-corrected chi connectivity index (χ4v) is 9.38. The summed E-state index contributed by atoms with van der Waals surface area (Å²) >= 11 is 0. The summed E-state index contributed by atoms with van der Waals surface area (Å²) in [5.41, 5.74) is 0. The highest BCUT2D eigenvalue weighted by Gasteiger charge is 2.19. The Bertz CT molecular complexity index is 1250. The van der Waals surface area contributed by atoms with Crippen LogP contribution in [0.4, 0.5) is 0 Å². The summed E-state index contributed by atoms with van der Waals surface area (Å²) in [6.07, 6.45) is 76.1. The van der Waals surface area contributed by atoms with Gasteiger partial charge in [-0.15, -0.1) is 0 Å². The van der Waals surface area contributed by atoms with Crippen LogP contribution in [0.25, 0.3) is 0 Å². The van der Waals surface area contributed by atoms with Gasteiger partial charge in [0.2, 0.25) is 0 Å². The zero-order valence-electron chi connectivity index (χ0n) is 48.2. The molecule has 0 radical (unpaired) electrons. The molecule has 0 saturated carbocycles. The van der Waals surface area contributed by atoms with Crippen molar-refractivity contribution in [1.29, 1.82) is 0 Å². The summed E-state index contributed by atoms with van der Waals surface area (Å²) in [6.45, 7) is 6.51. The van der Waals surface area contributed by atoms with Crippen LogP contribution >= 0.6 is 0 Å². The summed E-state index contributed by atoms with van der Waals surface area (Å²) in [4.78, 5) is 37.9. The lowest BCUT2D eigenvalue weighted by Crippen LogP contribution is -2.30. The van der Waals surface area contributed by atoms with Crippen LogP contribution in [0.15, 0.2) is 48.6 Å². The largest absolute Gasteiger partial charge is 0.462 e. The van der Waals surface area contributed by atoms with E-state index in [1.165, 1.54) is 212 Å². The monoisotopic (exact) mass is 1010 g/mol. The summed E-state index contributed by atoms with van der Waals surface area (Å²) in [5, 5.41) is 0. The van der Waals surface area contributed by atoms with Gasteiger partial charge >= 0.3 is 17.9 Å². The second kappa shape index (κ2) is 60.9. The Morgan fingerprint density at radius 3 is 0.847 bits per heavy atom. The number of unbranched alkanes of at least 4 members (excludes halogenated alkanes) is 39. The standard InChI is InChI=1S/C66H120O6/c1-4-7-10-13-16-18-20-22-23-24-25-26-27-28-29-30-31-32-33-34-35-36-37-38-39-40-41-42-43-45-46-48-50-53-56-59-65(68)71-62-63(61-70-64(67)58-55-52-15-12-9-6-3)72-66(69)60-57-54-51-49-47-44-21-19-17-14-11-8-5-2/h7,10,16,18,22-23,25-26,63H,4-6,8-9,11-15,17,19-21,24,27-62H2,1-3H3/b10-7-,18-16-,23-22-,26-25-. The Labute approximate surface area is 448 Å². The summed E-state index contributed by atoms with van der Waals surface area (Å²) in [6, 6.07) is 0. The van der Waals surface area contributed by atoms with Crippen molar-refractivity contribution >= 4 is 17.9 Å². The zero-order valence-corrected chi connectivity index (χ0v) is 48.2. The number of carbonyl (C=O) groups excluding carboxylic acids is 3. The Morgan fingerprint density at radius 1 is 0.292 bits per heavy atom. The second-order valence-electron chi connectivity index (χ2n) is 21.3. The van der Waals surface area contributed by atoms with Crippen LogP contribution in [0.1, 0.15) is 335 Å². The first-order valence-electron chi connectivity index (χ1n) is 31.6. The van der Waals surface area contributed by atoms with Gasteiger partial charge in [0.05, 0.1) is 0 Å². The molecule has 0 aliphatic rings. The van der Waals surface area contributed by atoms with Crippen molar-refractivity contribution in [3.8, 4) is 0 Å². The van der Waals surface area contributed by atoms with E-state index in [9.17, 15) is 14.4 Å². The lowest BCUT2D eigenvalue weighted by atomic mass is 10.0. The molecular formula is C66H120O6. The van der Waals surface area contributed by atoms with Crippen LogP contribution in [0.3, 0.4) is 0 Å². The van der Waals surface area contributed by atoms with Crippen LogP contribution in [0.2, 0.25) is 0 Å². The summed E-state index contributed by atoms with van der Waals surface area (Å²) in [5.74, 6) is -0.857. The van der Waals surface area contributed by atoms with E-state index in [1.807, 2.05) is 0 Å². The van der Waals surface area contributed by atoms with E-state index in [2.05, 4.69) is 69.4 Å². The van der Waals surface area contributed by atoms with Gasteiger partial charge in [-0.2, -0.15) is 0 Å². The van der Waals surface area contributed by atoms with E-state index in [0.29, 0.717) is 19.3 Å². The van der Waals surface area contributed by atoms with Crippen LogP contribution in [-0.2, 0) is 28.6 Å². The molecule has 0 saturated heterocycles. The number of rotatable bonds is 58. The highest BCUT2D eigenvalue weighted by atomic mass is 16.6. The number of hydrogen-bond donors (Lipinski definition) is 0. The molecule has 0 aromatic carbocycles. The molecule has 0 aliphatic carbocycles. The van der Waals surface area contributed by atoms with Crippen LogP contribution < -0.4 is 0 Å². The number of allylic oxidation sites excluding steroid dienone is 8. The van der Waals surface area contributed by atoms with Gasteiger partial charge in [-0.05, 0) is 57.8 Å². The maximum absolute atomic E-state index is 12.8. The molecule has 72 heavy (non-hydrogen) atoms. The Kier molecular flexibility index (Phi) is 58.7. The minimum absolute atomic E-state index is 0.0661. The van der Waals surface area contributed by atoms with Crippen molar-refractivity contribution in [1.82, 2.24) is 0 Å². The molecule has 0 N–H and O–H groups in total. The molecule has 1 atom stereocenters. The van der Waals surface area contributed by atoms with Crippen molar-refractivity contribution in [2.24, 2.45) is 0 Å². The minimum atomic E-state index is -0.763. The molecule has 0 fully saturated rings. The van der Waals surface area contributed by atoms with Crippen molar-refractivity contribution in [2.75, 3.05) is 13.2 Å². The van der Waals surface area contributed by atoms with Crippen molar-refractivity contribution < 1.29 is 28.6 Å². The molecule has 0 rings (SSSR count). The van der Waals surface area contributed by atoms with Gasteiger partial charge in [0.25, 0.3) is 0 Å². The lowest BCUT2D eigenvalue weighted by molar-refractivity contribution is -0.167. The van der Waals surface area contributed by atoms with Gasteiger partial charge in [0.15, 0.2) is 6.10 Å². The van der Waals surface area contributed by atoms with Gasteiger partial charge in [-0.1, -0.05) is 307 Å². The van der Waals surface area contributed by atoms with E-state index >= 15 is 0 Å². The molecule has 0 aromatic rings. The van der Waals surface area contributed by atoms with E-state index < -0.39 is 6.10 Å². The van der Waals surface area contributed by atoms with Crippen molar-refractivity contribution in [3.63, 3.8) is 0 Å². The van der Waals surface area contributed by atoms with Gasteiger partial charge < -0.3 is 14.2 Å². The second-order valence-corrected chi connectivity index (χ2v) is 21.3. The van der Waals surface area contributed by atoms with E-state index in [0.717, 1.165) is 83.5 Å². The molecule has 0 spiro atoms. The molecule has 6 nitrogen and oxygen atoms in total. The van der Waals surface area contributed by atoms with Gasteiger partial charge in [0, 0.05) is 19.3 Å². The first-order chi connectivity index (χ1) is 35.5. The smallest absolute Gasteiger partial charge is 0.306 e. The first-order valence-corrected chi connectivity index (χ1v) is 31.6. The molecule has 0 amide bonds. The molecule has 0 heterocycles. The molecule has 0 aliphatic heterocycles. The fourth-order valence-electron chi connectivity index (χ4n) is 9.38.